The van der Waals surface area contributed by atoms with Gasteiger partial charge in [0.1, 0.15) is 13.2 Å². The number of rotatable bonds is 4. The molecule has 4 rings (SSSR count). The molecule has 0 atom stereocenters. The SMILES string of the molecule is O=C(COC(=O)c1ccc2c(c1)OCCO2)c1ccc2c(c1)OCO2. The van der Waals surface area contributed by atoms with Gasteiger partial charge in [-0.25, -0.2) is 4.79 Å². The number of esters is 1. The zero-order valence-corrected chi connectivity index (χ0v) is 13.2. The number of hydrogen-bond donors (Lipinski definition) is 0. The lowest BCUT2D eigenvalue weighted by Crippen LogP contribution is -2.17. The first-order valence-electron chi connectivity index (χ1n) is 7.70. The molecule has 7 heteroatoms. The van der Waals surface area contributed by atoms with Crippen molar-refractivity contribution in [2.24, 2.45) is 0 Å². The van der Waals surface area contributed by atoms with E-state index in [4.69, 9.17) is 23.7 Å². The van der Waals surface area contributed by atoms with Crippen LogP contribution in [0.25, 0.3) is 0 Å². The van der Waals surface area contributed by atoms with Gasteiger partial charge in [-0.1, -0.05) is 0 Å². The Morgan fingerprint density at radius 1 is 0.800 bits per heavy atom. The van der Waals surface area contributed by atoms with E-state index in [-0.39, 0.29) is 19.2 Å². The molecule has 25 heavy (non-hydrogen) atoms. The van der Waals surface area contributed by atoms with Gasteiger partial charge in [0.25, 0.3) is 0 Å². The number of ether oxygens (including phenoxy) is 5. The van der Waals surface area contributed by atoms with Crippen molar-refractivity contribution >= 4 is 11.8 Å². The molecule has 0 spiro atoms. The first-order chi connectivity index (χ1) is 12.2. The van der Waals surface area contributed by atoms with E-state index in [9.17, 15) is 9.59 Å². The molecule has 0 saturated carbocycles. The van der Waals surface area contributed by atoms with Crippen molar-refractivity contribution in [3.63, 3.8) is 0 Å². The van der Waals surface area contributed by atoms with Crippen LogP contribution in [0.15, 0.2) is 36.4 Å². The summed E-state index contributed by atoms with van der Waals surface area (Å²) in [5.74, 6) is 1.23. The predicted octanol–water partition coefficient (Wildman–Crippen LogP) is 2.23. The highest BCUT2D eigenvalue weighted by atomic mass is 16.7. The maximum absolute atomic E-state index is 12.2. The highest BCUT2D eigenvalue weighted by molar-refractivity contribution is 6.00. The smallest absolute Gasteiger partial charge is 0.338 e. The molecule has 2 heterocycles. The van der Waals surface area contributed by atoms with Crippen molar-refractivity contribution in [2.75, 3.05) is 26.6 Å². The van der Waals surface area contributed by atoms with Crippen molar-refractivity contribution in [2.45, 2.75) is 0 Å². The second-order valence-corrected chi connectivity index (χ2v) is 5.43. The van der Waals surface area contributed by atoms with Gasteiger partial charge in [-0.3, -0.25) is 4.79 Å². The summed E-state index contributed by atoms with van der Waals surface area (Å²) in [4.78, 5) is 24.3. The van der Waals surface area contributed by atoms with Gasteiger partial charge in [-0.05, 0) is 36.4 Å². The lowest BCUT2D eigenvalue weighted by Gasteiger charge is -2.18. The van der Waals surface area contributed by atoms with E-state index in [1.54, 1.807) is 36.4 Å². The standard InChI is InChI=1S/C18H14O7/c19-13(11-1-3-15-17(7-11)25-10-24-15)9-23-18(20)12-2-4-14-16(8-12)22-6-5-21-14/h1-4,7-8H,5-6,9-10H2. The summed E-state index contributed by atoms with van der Waals surface area (Å²) in [6.45, 7) is 0.661. The Balaban J connectivity index is 1.40. The molecule has 2 aromatic rings. The van der Waals surface area contributed by atoms with Gasteiger partial charge in [0.05, 0.1) is 5.56 Å². The zero-order chi connectivity index (χ0) is 17.2. The summed E-state index contributed by atoms with van der Waals surface area (Å²) >= 11 is 0. The second-order valence-electron chi connectivity index (χ2n) is 5.43. The number of Topliss-reactive ketones (excluding diaryl/α,β-unsaturated/α-hetero) is 1. The Hall–Kier alpha value is -3.22. The molecule has 2 aliphatic heterocycles. The topological polar surface area (TPSA) is 80.3 Å². The number of benzene rings is 2. The summed E-state index contributed by atoms with van der Waals surface area (Å²) in [5.41, 5.74) is 0.682. The highest BCUT2D eigenvalue weighted by Crippen LogP contribution is 2.33. The highest BCUT2D eigenvalue weighted by Gasteiger charge is 2.19. The molecule has 2 aliphatic rings. The fourth-order valence-electron chi connectivity index (χ4n) is 2.54. The van der Waals surface area contributed by atoms with Crippen LogP contribution in [0.2, 0.25) is 0 Å². The number of carbonyl (C=O) groups is 2. The van der Waals surface area contributed by atoms with E-state index >= 15 is 0 Å². The van der Waals surface area contributed by atoms with Crippen LogP contribution in [0.5, 0.6) is 23.0 Å². The van der Waals surface area contributed by atoms with Crippen LogP contribution in [0.3, 0.4) is 0 Å². The van der Waals surface area contributed by atoms with Gasteiger partial charge >= 0.3 is 5.97 Å². The fourth-order valence-corrected chi connectivity index (χ4v) is 2.54. The molecule has 0 amide bonds. The minimum atomic E-state index is -0.605. The summed E-state index contributed by atoms with van der Waals surface area (Å²) in [5, 5.41) is 0. The molecule has 0 unspecified atom stereocenters. The van der Waals surface area contributed by atoms with E-state index in [2.05, 4.69) is 0 Å². The molecule has 0 aliphatic carbocycles. The summed E-state index contributed by atoms with van der Waals surface area (Å²) in [6.07, 6.45) is 0. The Morgan fingerprint density at radius 3 is 2.24 bits per heavy atom. The molecule has 0 N–H and O–H groups in total. The minimum Gasteiger partial charge on any atom is -0.486 e. The molecule has 0 radical (unpaired) electrons. The molecule has 7 nitrogen and oxygen atoms in total. The average molecular weight is 342 g/mol. The lowest BCUT2D eigenvalue weighted by atomic mass is 10.1. The molecular formula is C18H14O7. The minimum absolute atomic E-state index is 0.131. The van der Waals surface area contributed by atoms with Crippen molar-refractivity contribution in [1.82, 2.24) is 0 Å². The number of carbonyl (C=O) groups excluding carboxylic acids is 2. The third kappa shape index (κ3) is 3.08. The Morgan fingerprint density at radius 2 is 1.40 bits per heavy atom. The van der Waals surface area contributed by atoms with Crippen LogP contribution in [0.1, 0.15) is 20.7 Å². The van der Waals surface area contributed by atoms with Crippen LogP contribution < -0.4 is 18.9 Å². The first-order valence-corrected chi connectivity index (χ1v) is 7.70. The molecule has 128 valence electrons. The van der Waals surface area contributed by atoms with Crippen molar-refractivity contribution in [3.05, 3.63) is 47.5 Å². The van der Waals surface area contributed by atoms with Crippen molar-refractivity contribution < 1.29 is 33.3 Å². The summed E-state index contributed by atoms with van der Waals surface area (Å²) in [6, 6.07) is 9.59. The Labute approximate surface area is 143 Å². The maximum atomic E-state index is 12.2. The van der Waals surface area contributed by atoms with Crippen LogP contribution in [0, 0.1) is 0 Å². The van der Waals surface area contributed by atoms with Crippen molar-refractivity contribution in [1.29, 1.82) is 0 Å². The van der Waals surface area contributed by atoms with Gasteiger partial charge in [0.15, 0.2) is 35.4 Å². The molecule has 0 fully saturated rings. The third-order valence-corrected chi connectivity index (χ3v) is 3.81. The van der Waals surface area contributed by atoms with E-state index in [0.29, 0.717) is 47.3 Å². The van der Waals surface area contributed by atoms with E-state index < -0.39 is 5.97 Å². The van der Waals surface area contributed by atoms with Crippen LogP contribution in [-0.2, 0) is 4.74 Å². The van der Waals surface area contributed by atoms with Gasteiger partial charge in [-0.15, -0.1) is 0 Å². The predicted molar refractivity (Wildman–Crippen MR) is 84.6 cm³/mol. The van der Waals surface area contributed by atoms with Crippen LogP contribution in [-0.4, -0.2) is 38.4 Å². The quantitative estimate of drug-likeness (QED) is 0.622. The number of fused-ring (bicyclic) bond motifs is 2. The fraction of sp³-hybridized carbons (Fsp3) is 0.222. The van der Waals surface area contributed by atoms with Crippen molar-refractivity contribution in [3.8, 4) is 23.0 Å². The molecule has 0 bridgehead atoms. The molecule has 0 saturated heterocycles. The molecule has 2 aromatic carbocycles. The molecule has 0 aromatic heterocycles. The number of ketones is 1. The average Bonchev–Trinajstić information content (AvgIpc) is 3.13. The van der Waals surface area contributed by atoms with E-state index in [0.717, 1.165) is 0 Å². The summed E-state index contributed by atoms with van der Waals surface area (Å²) in [7, 11) is 0. The van der Waals surface area contributed by atoms with Gasteiger partial charge in [-0.2, -0.15) is 0 Å². The van der Waals surface area contributed by atoms with Gasteiger partial charge in [0, 0.05) is 5.56 Å². The Kier molecular flexibility index (Phi) is 3.89. The van der Waals surface area contributed by atoms with Gasteiger partial charge < -0.3 is 23.7 Å². The second kappa shape index (κ2) is 6.35. The largest absolute Gasteiger partial charge is 0.486 e. The Bertz CT molecular complexity index is 843. The third-order valence-electron chi connectivity index (χ3n) is 3.81. The summed E-state index contributed by atoms with van der Waals surface area (Å²) < 4.78 is 26.3. The van der Waals surface area contributed by atoms with Crippen LogP contribution >= 0.6 is 0 Å². The van der Waals surface area contributed by atoms with E-state index in [1.165, 1.54) is 0 Å². The normalized spacial score (nSPS) is 14.1. The van der Waals surface area contributed by atoms with Crippen LogP contribution in [0.4, 0.5) is 0 Å². The molecular weight excluding hydrogens is 328 g/mol. The van der Waals surface area contributed by atoms with Gasteiger partial charge in [0.2, 0.25) is 6.79 Å². The lowest BCUT2D eigenvalue weighted by molar-refractivity contribution is 0.0474. The van der Waals surface area contributed by atoms with E-state index in [1.807, 2.05) is 0 Å². The monoisotopic (exact) mass is 342 g/mol. The first kappa shape index (κ1) is 15.3. The number of hydrogen-bond acceptors (Lipinski definition) is 7. The maximum Gasteiger partial charge on any atom is 0.338 e. The zero-order valence-electron chi connectivity index (χ0n) is 13.2.